The summed E-state index contributed by atoms with van der Waals surface area (Å²) in [5, 5.41) is 11.4. The zero-order valence-electron chi connectivity index (χ0n) is 20.6. The van der Waals surface area contributed by atoms with Gasteiger partial charge in [-0.2, -0.15) is 0 Å². The molecule has 1 aromatic carbocycles. The quantitative estimate of drug-likeness (QED) is 0.261. The van der Waals surface area contributed by atoms with E-state index >= 15 is 4.39 Å². The molecule has 1 aromatic heterocycles. The van der Waals surface area contributed by atoms with Crippen LogP contribution >= 0.6 is 0 Å². The third-order valence-corrected chi connectivity index (χ3v) is 6.65. The van der Waals surface area contributed by atoms with Gasteiger partial charge in [0.25, 0.3) is 11.7 Å². The van der Waals surface area contributed by atoms with Crippen molar-refractivity contribution in [2.24, 2.45) is 0 Å². The van der Waals surface area contributed by atoms with Crippen LogP contribution in [0.4, 0.5) is 4.39 Å². The van der Waals surface area contributed by atoms with E-state index in [-0.39, 0.29) is 35.5 Å². The van der Waals surface area contributed by atoms with Crippen LogP contribution in [-0.4, -0.2) is 83.5 Å². The van der Waals surface area contributed by atoms with Crippen molar-refractivity contribution < 1.29 is 33.4 Å². The zero-order chi connectivity index (χ0) is 26.0. The molecule has 1 unspecified atom stereocenters. The molecule has 4 rings (SSSR count). The fourth-order valence-electron chi connectivity index (χ4n) is 4.85. The van der Waals surface area contributed by atoms with Crippen molar-refractivity contribution in [3.05, 3.63) is 63.7 Å². The number of hydrogen-bond acceptors (Lipinski definition) is 7. The number of amides is 1. The van der Waals surface area contributed by atoms with Gasteiger partial charge in [0, 0.05) is 43.0 Å². The summed E-state index contributed by atoms with van der Waals surface area (Å²) in [6, 6.07) is 4.77. The normalized spacial score (nSPS) is 20.2. The van der Waals surface area contributed by atoms with Crippen LogP contribution in [0.3, 0.4) is 0 Å². The lowest BCUT2D eigenvalue weighted by atomic mass is 9.93. The number of aryl methyl sites for hydroxylation is 1. The van der Waals surface area contributed by atoms with Crippen molar-refractivity contribution in [3.8, 4) is 0 Å². The lowest BCUT2D eigenvalue weighted by molar-refractivity contribution is -0.140. The van der Waals surface area contributed by atoms with E-state index in [0.29, 0.717) is 44.1 Å². The van der Waals surface area contributed by atoms with Gasteiger partial charge in [0.05, 0.1) is 31.4 Å². The van der Waals surface area contributed by atoms with Gasteiger partial charge in [-0.15, -0.1) is 0 Å². The number of Topliss-reactive ketones (excluding diaryl/α,β-unsaturated/α-hetero) is 1. The molecule has 0 saturated carbocycles. The number of likely N-dealkylation sites (tertiary alicyclic amines) is 1. The second kappa shape index (κ2) is 10.6. The number of ketones is 1. The molecule has 9 nitrogen and oxygen atoms in total. The van der Waals surface area contributed by atoms with Crippen molar-refractivity contribution in [1.82, 2.24) is 14.8 Å². The van der Waals surface area contributed by atoms with Crippen molar-refractivity contribution >= 4 is 23.4 Å². The Balaban J connectivity index is 1.80. The molecule has 2 aliphatic heterocycles. The van der Waals surface area contributed by atoms with Gasteiger partial charge in [0.1, 0.15) is 17.3 Å². The molecule has 3 heterocycles. The molecule has 0 bridgehead atoms. The van der Waals surface area contributed by atoms with Gasteiger partial charge < -0.3 is 24.5 Å². The predicted octanol–water partition coefficient (Wildman–Crippen LogP) is 2.70. The van der Waals surface area contributed by atoms with E-state index in [2.05, 4.69) is 9.88 Å². The average Bonchev–Trinajstić information content (AvgIpc) is 3.30. The monoisotopic (exact) mass is 499 g/mol. The van der Waals surface area contributed by atoms with Crippen LogP contribution < -0.4 is 0 Å². The summed E-state index contributed by atoms with van der Waals surface area (Å²) in [4.78, 5) is 45.1. The number of nitrogens with zero attached hydrogens (tertiary/aromatic N) is 2. The molecule has 1 atom stereocenters. The molecular weight excluding hydrogens is 469 g/mol. The number of aliphatic hydroxyl groups is 1. The maximum atomic E-state index is 15.0. The van der Waals surface area contributed by atoms with Crippen molar-refractivity contribution in [2.75, 3.05) is 46.0 Å². The first-order valence-corrected chi connectivity index (χ1v) is 12.0. The SMILES string of the molecule is CCOC(=O)c1[nH]c(C)c(C(O)=C2C(=O)C(=O)N(CCN3CCOCC3)C2c2ccccc2F)c1C. The lowest BCUT2D eigenvalue weighted by Gasteiger charge is -2.31. The summed E-state index contributed by atoms with van der Waals surface area (Å²) >= 11 is 0. The average molecular weight is 500 g/mol. The molecule has 1 amide bonds. The van der Waals surface area contributed by atoms with Crippen molar-refractivity contribution in [3.63, 3.8) is 0 Å². The summed E-state index contributed by atoms with van der Waals surface area (Å²) < 4.78 is 25.4. The first-order valence-electron chi connectivity index (χ1n) is 12.0. The molecule has 0 spiro atoms. The second-order valence-electron chi connectivity index (χ2n) is 8.81. The molecular formula is C26H30FN3O6. The van der Waals surface area contributed by atoms with Gasteiger partial charge in [-0.25, -0.2) is 9.18 Å². The number of morpholine rings is 1. The van der Waals surface area contributed by atoms with Crippen LogP contribution in [0.1, 0.15) is 45.8 Å². The van der Waals surface area contributed by atoms with Gasteiger partial charge in [0.2, 0.25) is 0 Å². The highest BCUT2D eigenvalue weighted by Gasteiger charge is 2.47. The molecule has 2 fully saturated rings. The second-order valence-corrected chi connectivity index (χ2v) is 8.81. The van der Waals surface area contributed by atoms with Gasteiger partial charge >= 0.3 is 5.97 Å². The first kappa shape index (κ1) is 25.6. The highest BCUT2D eigenvalue weighted by Crippen LogP contribution is 2.41. The Bertz CT molecular complexity index is 1210. The molecule has 0 radical (unpaired) electrons. The fraction of sp³-hybridized carbons (Fsp3) is 0.423. The van der Waals surface area contributed by atoms with Gasteiger partial charge in [-0.05, 0) is 32.4 Å². The number of ether oxygens (including phenoxy) is 2. The minimum absolute atomic E-state index is 0.108. The van der Waals surface area contributed by atoms with Crippen LogP contribution in [0.25, 0.3) is 5.76 Å². The third-order valence-electron chi connectivity index (χ3n) is 6.65. The van der Waals surface area contributed by atoms with E-state index in [1.807, 2.05) is 0 Å². The van der Waals surface area contributed by atoms with E-state index in [1.54, 1.807) is 26.8 Å². The number of rotatable bonds is 7. The Morgan fingerprint density at radius 3 is 2.56 bits per heavy atom. The number of halogens is 1. The number of carbonyl (C=O) groups is 3. The molecule has 2 N–H and O–H groups in total. The summed E-state index contributed by atoms with van der Waals surface area (Å²) in [6.07, 6.45) is 0. The Morgan fingerprint density at radius 1 is 1.19 bits per heavy atom. The fourth-order valence-corrected chi connectivity index (χ4v) is 4.85. The molecule has 2 aliphatic rings. The maximum Gasteiger partial charge on any atom is 0.355 e. The smallest absolute Gasteiger partial charge is 0.355 e. The van der Waals surface area contributed by atoms with Gasteiger partial charge in [-0.3, -0.25) is 14.5 Å². The topological polar surface area (TPSA) is 112 Å². The number of hydrogen-bond donors (Lipinski definition) is 2. The maximum absolute atomic E-state index is 15.0. The van der Waals surface area contributed by atoms with Gasteiger partial charge in [0.15, 0.2) is 0 Å². The third kappa shape index (κ3) is 4.66. The number of benzene rings is 1. The van der Waals surface area contributed by atoms with Crippen molar-refractivity contribution in [1.29, 1.82) is 0 Å². The number of H-pyrrole nitrogens is 1. The number of carbonyl (C=O) groups excluding carboxylic acids is 3. The molecule has 2 saturated heterocycles. The highest BCUT2D eigenvalue weighted by atomic mass is 19.1. The minimum Gasteiger partial charge on any atom is -0.507 e. The lowest BCUT2D eigenvalue weighted by Crippen LogP contribution is -2.42. The molecule has 0 aliphatic carbocycles. The van der Waals surface area contributed by atoms with E-state index in [4.69, 9.17) is 9.47 Å². The van der Waals surface area contributed by atoms with E-state index in [1.165, 1.54) is 23.1 Å². The minimum atomic E-state index is -1.12. The van der Waals surface area contributed by atoms with E-state index < -0.39 is 35.3 Å². The van der Waals surface area contributed by atoms with Gasteiger partial charge in [-0.1, -0.05) is 18.2 Å². The number of nitrogens with one attached hydrogen (secondary N) is 1. The number of aliphatic hydroxyl groups excluding tert-OH is 1. The van der Waals surface area contributed by atoms with Crippen LogP contribution in [0.5, 0.6) is 0 Å². The Kier molecular flexibility index (Phi) is 7.56. The van der Waals surface area contributed by atoms with Crippen LogP contribution in [0.2, 0.25) is 0 Å². The van der Waals surface area contributed by atoms with Crippen LogP contribution in [0.15, 0.2) is 29.8 Å². The van der Waals surface area contributed by atoms with Crippen LogP contribution in [-0.2, 0) is 19.1 Å². The van der Waals surface area contributed by atoms with E-state index in [9.17, 15) is 19.5 Å². The Labute approximate surface area is 208 Å². The summed E-state index contributed by atoms with van der Waals surface area (Å²) in [6.45, 7) is 8.25. The first-order chi connectivity index (χ1) is 17.3. The predicted molar refractivity (Wildman–Crippen MR) is 129 cm³/mol. The highest BCUT2D eigenvalue weighted by molar-refractivity contribution is 6.46. The van der Waals surface area contributed by atoms with E-state index in [0.717, 1.165) is 0 Å². The largest absolute Gasteiger partial charge is 0.507 e. The Morgan fingerprint density at radius 2 is 1.89 bits per heavy atom. The molecule has 10 heteroatoms. The molecule has 36 heavy (non-hydrogen) atoms. The number of esters is 1. The summed E-state index contributed by atoms with van der Waals surface area (Å²) in [5.74, 6) is -3.37. The summed E-state index contributed by atoms with van der Waals surface area (Å²) in [7, 11) is 0. The van der Waals surface area contributed by atoms with Crippen molar-refractivity contribution in [2.45, 2.75) is 26.8 Å². The standard InChI is InChI=1S/C26H30FN3O6/c1-4-36-26(34)21-15(2)19(16(3)28-21)23(31)20-22(17-7-5-6-8-18(17)27)30(25(33)24(20)32)10-9-29-11-13-35-14-12-29/h5-8,22,28,31H,4,9-14H2,1-3H3. The number of aromatic amines is 1. The number of aromatic nitrogens is 1. The molecule has 192 valence electrons. The summed E-state index contributed by atoms with van der Waals surface area (Å²) in [5.41, 5.74) is 1.03. The van der Waals surface area contributed by atoms with Crippen LogP contribution in [0, 0.1) is 19.7 Å². The molecule has 2 aromatic rings. The Hall–Kier alpha value is -3.50. The zero-order valence-corrected chi connectivity index (χ0v) is 20.6.